The topological polar surface area (TPSA) is 165 Å². The number of carbonyl (C=O) groups is 2. The summed E-state index contributed by atoms with van der Waals surface area (Å²) in [4.78, 5) is 25.4. The lowest BCUT2D eigenvalue weighted by molar-refractivity contribution is 0.0998. The number of aliphatic hydroxyl groups is 1. The van der Waals surface area contributed by atoms with Crippen molar-refractivity contribution in [1.29, 1.82) is 0 Å². The number of methoxy groups -OCH3 is 1. The first-order valence-electron chi connectivity index (χ1n) is 13.4. The Balaban J connectivity index is 3.19. The number of ether oxygens (including phenoxy) is 1. The molecule has 6 N–H and O–H groups in total. The Bertz CT molecular complexity index is 1400. The van der Waals surface area contributed by atoms with E-state index in [1.807, 2.05) is 27.7 Å². The molecule has 2 aromatic carbocycles. The number of rotatable bonds is 12. The lowest BCUT2D eigenvalue weighted by Gasteiger charge is -2.29. The molecule has 41 heavy (non-hydrogen) atoms. The Morgan fingerprint density at radius 3 is 1.71 bits per heavy atom. The van der Waals surface area contributed by atoms with Crippen LogP contribution in [0.3, 0.4) is 0 Å². The maximum absolute atomic E-state index is 12.8. The van der Waals surface area contributed by atoms with Gasteiger partial charge in [-0.3, -0.25) is 9.59 Å². The van der Waals surface area contributed by atoms with Crippen molar-refractivity contribution in [2.45, 2.75) is 79.8 Å². The van der Waals surface area contributed by atoms with E-state index in [4.69, 9.17) is 4.74 Å². The molecule has 2 atom stereocenters. The van der Waals surface area contributed by atoms with Crippen molar-refractivity contribution in [3.63, 3.8) is 0 Å². The summed E-state index contributed by atoms with van der Waals surface area (Å²) in [6.07, 6.45) is 0.538. The molecule has 0 aliphatic rings. The minimum Gasteiger partial charge on any atom is -0.507 e. The molecule has 0 bridgehead atoms. The highest BCUT2D eigenvalue weighted by Gasteiger charge is 2.37. The summed E-state index contributed by atoms with van der Waals surface area (Å²) in [5.41, 5.74) is 0.183. The molecule has 0 fully saturated rings. The normalized spacial score (nSPS) is 12.6. The van der Waals surface area contributed by atoms with Gasteiger partial charge in [-0.2, -0.15) is 0 Å². The van der Waals surface area contributed by atoms with Crippen LogP contribution in [0.2, 0.25) is 0 Å². The van der Waals surface area contributed by atoms with Crippen molar-refractivity contribution >= 4 is 11.6 Å². The summed E-state index contributed by atoms with van der Waals surface area (Å²) in [5, 5.41) is 67.4. The summed E-state index contributed by atoms with van der Waals surface area (Å²) in [7, 11) is 1.31. The Labute approximate surface area is 241 Å². The minimum atomic E-state index is -1.20. The molecule has 0 spiro atoms. The van der Waals surface area contributed by atoms with Crippen LogP contribution in [0.25, 0.3) is 0 Å². The first-order valence-corrected chi connectivity index (χ1v) is 13.4. The van der Waals surface area contributed by atoms with E-state index in [0.29, 0.717) is 5.57 Å². The molecular weight excluding hydrogens is 528 g/mol. The SMILES string of the molecule is C=C(C)[C@H](O)Cc1c(O)c(C(C)=O)c(O)c([C@@H](CC(C)C)c2c(O)c(CC=C(C)C)c(OC)c(C(C)=O)c2O)c1O. The van der Waals surface area contributed by atoms with Gasteiger partial charge in [-0.05, 0) is 53.4 Å². The first-order chi connectivity index (χ1) is 19.0. The molecule has 2 aromatic rings. The van der Waals surface area contributed by atoms with Gasteiger partial charge in [0.1, 0.15) is 45.6 Å². The van der Waals surface area contributed by atoms with Gasteiger partial charge in [0.25, 0.3) is 0 Å². The number of Topliss-reactive ketones (excluding diaryl/α,β-unsaturated/α-hetero) is 2. The molecule has 0 saturated carbocycles. The number of aliphatic hydroxyl groups excluding tert-OH is 1. The summed E-state index contributed by atoms with van der Waals surface area (Å²) in [6, 6.07) is 0. The standard InChI is InChI=1S/C32H42O9/c1-14(2)10-11-19-27(36)25(31(40)24(18(8)34)32(19)41-9)20(12-15(3)4)26-29(38)21(13-22(35)16(5)6)28(37)23(17(7)33)30(26)39/h10,15,20,22,35-40H,5,11-13H2,1-4,6-9H3/t20-,22+/m0/s1. The third-order valence-corrected chi connectivity index (χ3v) is 7.08. The second-order valence-corrected chi connectivity index (χ2v) is 11.2. The third kappa shape index (κ3) is 6.68. The molecule has 0 saturated heterocycles. The Hall–Kier alpha value is -3.98. The third-order valence-electron chi connectivity index (χ3n) is 7.08. The first kappa shape index (κ1) is 33.2. The number of allylic oxidation sites excluding steroid dienone is 2. The van der Waals surface area contributed by atoms with E-state index in [-0.39, 0.29) is 58.7 Å². The van der Waals surface area contributed by atoms with Gasteiger partial charge >= 0.3 is 0 Å². The summed E-state index contributed by atoms with van der Waals surface area (Å²) >= 11 is 0. The lowest BCUT2D eigenvalue weighted by atomic mass is 9.78. The molecule has 9 heteroatoms. The van der Waals surface area contributed by atoms with Crippen LogP contribution in [0, 0.1) is 5.92 Å². The largest absolute Gasteiger partial charge is 0.507 e. The van der Waals surface area contributed by atoms with Crippen LogP contribution in [0.1, 0.15) is 104 Å². The molecule has 0 radical (unpaired) electrons. The molecule has 2 rings (SSSR count). The quantitative estimate of drug-likeness (QED) is 0.137. The Morgan fingerprint density at radius 1 is 0.805 bits per heavy atom. The zero-order valence-electron chi connectivity index (χ0n) is 25.0. The van der Waals surface area contributed by atoms with Gasteiger partial charge in [-0.25, -0.2) is 0 Å². The van der Waals surface area contributed by atoms with Gasteiger partial charge in [0, 0.05) is 34.6 Å². The fraction of sp³-hybridized carbons (Fsp3) is 0.438. The van der Waals surface area contributed by atoms with Crippen LogP contribution in [-0.2, 0) is 12.8 Å². The summed E-state index contributed by atoms with van der Waals surface area (Å²) in [6.45, 7) is 15.0. The summed E-state index contributed by atoms with van der Waals surface area (Å²) < 4.78 is 5.47. The average Bonchev–Trinajstić information content (AvgIpc) is 2.84. The lowest BCUT2D eigenvalue weighted by Crippen LogP contribution is -2.15. The Morgan fingerprint density at radius 2 is 1.29 bits per heavy atom. The minimum absolute atomic E-state index is 0.00843. The molecule has 0 amide bonds. The van der Waals surface area contributed by atoms with Crippen LogP contribution in [0.5, 0.6) is 34.5 Å². The summed E-state index contributed by atoms with van der Waals surface area (Å²) in [5.74, 6) is -5.65. The molecule has 0 aliphatic carbocycles. The van der Waals surface area contributed by atoms with Crippen LogP contribution in [0.15, 0.2) is 23.8 Å². The van der Waals surface area contributed by atoms with Gasteiger partial charge in [0.15, 0.2) is 11.6 Å². The number of benzene rings is 2. The highest BCUT2D eigenvalue weighted by Crippen LogP contribution is 2.55. The van der Waals surface area contributed by atoms with Crippen molar-refractivity contribution in [2.24, 2.45) is 5.92 Å². The fourth-order valence-corrected chi connectivity index (χ4v) is 5.01. The molecule has 0 unspecified atom stereocenters. The highest BCUT2D eigenvalue weighted by molar-refractivity contribution is 6.02. The second-order valence-electron chi connectivity index (χ2n) is 11.2. The molecule has 224 valence electrons. The van der Waals surface area contributed by atoms with E-state index < -0.39 is 57.9 Å². The van der Waals surface area contributed by atoms with Gasteiger partial charge < -0.3 is 35.4 Å². The van der Waals surface area contributed by atoms with E-state index in [0.717, 1.165) is 12.5 Å². The molecular formula is C32H42O9. The fourth-order valence-electron chi connectivity index (χ4n) is 5.01. The predicted molar refractivity (Wildman–Crippen MR) is 157 cm³/mol. The zero-order chi connectivity index (χ0) is 31.5. The van der Waals surface area contributed by atoms with Crippen LogP contribution in [-0.4, -0.2) is 55.4 Å². The van der Waals surface area contributed by atoms with Gasteiger partial charge in [-0.15, -0.1) is 0 Å². The van der Waals surface area contributed by atoms with Crippen molar-refractivity contribution in [3.8, 4) is 34.5 Å². The maximum atomic E-state index is 12.8. The number of phenolic OH excluding ortho intramolecular Hbond substituents is 5. The van der Waals surface area contributed by atoms with Crippen molar-refractivity contribution < 1.29 is 45.0 Å². The number of phenols is 5. The number of hydrogen-bond acceptors (Lipinski definition) is 9. The smallest absolute Gasteiger partial charge is 0.167 e. The molecule has 0 aromatic heterocycles. The van der Waals surface area contributed by atoms with Crippen LogP contribution < -0.4 is 4.74 Å². The number of ketones is 2. The average molecular weight is 571 g/mol. The van der Waals surface area contributed by atoms with Crippen molar-refractivity contribution in [2.75, 3.05) is 7.11 Å². The monoisotopic (exact) mass is 570 g/mol. The van der Waals surface area contributed by atoms with Gasteiger partial charge in [0.2, 0.25) is 0 Å². The van der Waals surface area contributed by atoms with Crippen LogP contribution in [0.4, 0.5) is 0 Å². The second kappa shape index (κ2) is 13.1. The molecule has 0 heterocycles. The highest BCUT2D eigenvalue weighted by atomic mass is 16.5. The Kier molecular flexibility index (Phi) is 10.6. The van der Waals surface area contributed by atoms with Crippen molar-refractivity contribution in [1.82, 2.24) is 0 Å². The van der Waals surface area contributed by atoms with E-state index >= 15 is 0 Å². The number of hydrogen-bond donors (Lipinski definition) is 6. The van der Waals surface area contributed by atoms with E-state index in [2.05, 4.69) is 6.58 Å². The van der Waals surface area contributed by atoms with Crippen LogP contribution >= 0.6 is 0 Å². The van der Waals surface area contributed by atoms with E-state index in [1.165, 1.54) is 14.0 Å². The van der Waals surface area contributed by atoms with Crippen molar-refractivity contribution in [3.05, 3.63) is 57.2 Å². The zero-order valence-corrected chi connectivity index (χ0v) is 25.0. The number of aromatic hydroxyl groups is 5. The molecule has 9 nitrogen and oxygen atoms in total. The predicted octanol–water partition coefficient (Wildman–Crippen LogP) is 5.79. The number of carbonyl (C=O) groups excluding carboxylic acids is 2. The van der Waals surface area contributed by atoms with E-state index in [9.17, 15) is 40.2 Å². The van der Waals surface area contributed by atoms with Gasteiger partial charge in [0.05, 0.1) is 13.2 Å². The van der Waals surface area contributed by atoms with Gasteiger partial charge in [-0.1, -0.05) is 37.6 Å². The van der Waals surface area contributed by atoms with E-state index in [1.54, 1.807) is 13.0 Å². The maximum Gasteiger partial charge on any atom is 0.167 e. The molecule has 0 aliphatic heterocycles.